The first-order valence-electron chi connectivity index (χ1n) is 6.52. The molecular formula is C16H19NO4. The molecule has 0 radical (unpaired) electrons. The first kappa shape index (κ1) is 16.7. The molecule has 1 amide bonds. The molecule has 0 unspecified atom stereocenters. The van der Waals surface area contributed by atoms with Gasteiger partial charge in [0.2, 0.25) is 0 Å². The molecule has 1 aromatic rings. The fourth-order valence-corrected chi connectivity index (χ4v) is 1.70. The molecule has 0 fully saturated rings. The lowest BCUT2D eigenvalue weighted by Gasteiger charge is -2.16. The maximum absolute atomic E-state index is 12.2. The fraction of sp³-hybridized carbons (Fsp3) is 0.375. The van der Waals surface area contributed by atoms with Crippen LogP contribution in [-0.2, 0) is 9.53 Å². The highest BCUT2D eigenvalue weighted by molar-refractivity contribution is 5.96. The molecule has 21 heavy (non-hydrogen) atoms. The summed E-state index contributed by atoms with van der Waals surface area (Å²) in [6.07, 6.45) is 0.419. The lowest BCUT2D eigenvalue weighted by molar-refractivity contribution is -0.141. The van der Waals surface area contributed by atoms with Crippen LogP contribution in [0.5, 0.6) is 0 Å². The number of hydrogen-bond acceptors (Lipinski definition) is 4. The highest BCUT2D eigenvalue weighted by Crippen LogP contribution is 2.12. The summed E-state index contributed by atoms with van der Waals surface area (Å²) in [7, 11) is 2.83. The number of nitrogens with zero attached hydrogens (tertiary/aromatic N) is 1. The van der Waals surface area contributed by atoms with Crippen molar-refractivity contribution in [3.05, 3.63) is 34.9 Å². The first-order valence-corrected chi connectivity index (χ1v) is 6.52. The molecule has 1 aromatic carbocycles. The van der Waals surface area contributed by atoms with Crippen LogP contribution >= 0.6 is 0 Å². The zero-order chi connectivity index (χ0) is 15.8. The summed E-state index contributed by atoms with van der Waals surface area (Å²) in [4.78, 5) is 24.6. The monoisotopic (exact) mass is 289 g/mol. The van der Waals surface area contributed by atoms with Gasteiger partial charge in [-0.05, 0) is 30.7 Å². The van der Waals surface area contributed by atoms with Crippen molar-refractivity contribution in [1.82, 2.24) is 4.90 Å². The Hall–Kier alpha value is -2.32. The van der Waals surface area contributed by atoms with Crippen LogP contribution < -0.4 is 0 Å². The Morgan fingerprint density at radius 3 is 2.67 bits per heavy atom. The van der Waals surface area contributed by atoms with E-state index in [4.69, 9.17) is 5.11 Å². The summed E-state index contributed by atoms with van der Waals surface area (Å²) in [6, 6.07) is 5.17. The minimum atomic E-state index is -0.464. The number of aliphatic hydroxyl groups is 1. The predicted octanol–water partition coefficient (Wildman–Crippen LogP) is 0.974. The number of esters is 1. The number of likely N-dealkylation sites (N-methyl/N-ethyl adjacent to an activating group) is 1. The van der Waals surface area contributed by atoms with Crippen LogP contribution in [0.2, 0.25) is 0 Å². The van der Waals surface area contributed by atoms with Gasteiger partial charge in [-0.1, -0.05) is 11.8 Å². The Labute approximate surface area is 124 Å². The Kier molecular flexibility index (Phi) is 6.44. The number of carbonyl (C=O) groups excluding carboxylic acids is 2. The number of aryl methyl sites for hydroxylation is 1. The van der Waals surface area contributed by atoms with Crippen molar-refractivity contribution in [2.45, 2.75) is 13.3 Å². The van der Waals surface area contributed by atoms with E-state index < -0.39 is 5.97 Å². The molecule has 0 spiro atoms. The number of rotatable bonds is 4. The zero-order valence-electron chi connectivity index (χ0n) is 12.5. The van der Waals surface area contributed by atoms with E-state index in [0.29, 0.717) is 12.0 Å². The number of hydrogen-bond donors (Lipinski definition) is 1. The normalized spacial score (nSPS) is 9.52. The third-order valence-electron chi connectivity index (χ3n) is 2.87. The molecule has 0 saturated carbocycles. The van der Waals surface area contributed by atoms with Gasteiger partial charge in [-0.3, -0.25) is 9.59 Å². The molecule has 5 nitrogen and oxygen atoms in total. The van der Waals surface area contributed by atoms with Gasteiger partial charge in [0.25, 0.3) is 5.91 Å². The van der Waals surface area contributed by atoms with E-state index in [-0.39, 0.29) is 19.1 Å². The Morgan fingerprint density at radius 1 is 1.38 bits per heavy atom. The van der Waals surface area contributed by atoms with Crippen molar-refractivity contribution in [3.63, 3.8) is 0 Å². The second-order valence-electron chi connectivity index (χ2n) is 4.54. The summed E-state index contributed by atoms with van der Waals surface area (Å²) in [5.41, 5.74) is 2.18. The Morgan fingerprint density at radius 2 is 2.10 bits per heavy atom. The third kappa shape index (κ3) is 4.93. The highest BCUT2D eigenvalue weighted by Gasteiger charge is 2.15. The van der Waals surface area contributed by atoms with E-state index in [1.165, 1.54) is 12.0 Å². The van der Waals surface area contributed by atoms with Crippen LogP contribution in [0.4, 0.5) is 0 Å². The Bertz CT molecular complexity index is 584. The van der Waals surface area contributed by atoms with E-state index in [0.717, 1.165) is 11.1 Å². The highest BCUT2D eigenvalue weighted by atomic mass is 16.5. The summed E-state index contributed by atoms with van der Waals surface area (Å²) in [6.45, 7) is 1.80. The van der Waals surface area contributed by atoms with Crippen molar-refractivity contribution < 1.29 is 19.4 Å². The largest absolute Gasteiger partial charge is 0.468 e. The van der Waals surface area contributed by atoms with Gasteiger partial charge >= 0.3 is 5.97 Å². The molecule has 0 bridgehead atoms. The number of benzene rings is 1. The minimum Gasteiger partial charge on any atom is -0.468 e. The lowest BCUT2D eigenvalue weighted by atomic mass is 10.0. The second-order valence-corrected chi connectivity index (χ2v) is 4.54. The van der Waals surface area contributed by atoms with Crippen molar-refractivity contribution in [2.75, 3.05) is 27.3 Å². The maximum Gasteiger partial charge on any atom is 0.325 e. The number of methoxy groups -OCH3 is 1. The molecule has 112 valence electrons. The summed E-state index contributed by atoms with van der Waals surface area (Å²) in [5.74, 6) is 5.07. The third-order valence-corrected chi connectivity index (χ3v) is 2.87. The van der Waals surface area contributed by atoms with Gasteiger partial charge in [0.05, 0.1) is 13.7 Å². The average Bonchev–Trinajstić information content (AvgIpc) is 2.48. The standard InChI is InChI=1S/C16H19NO4/c1-12-10-14(8-7-13(12)6-4-5-9-18)16(20)17(2)11-15(19)21-3/h7-8,10,18H,5,9,11H2,1-3H3. The topological polar surface area (TPSA) is 66.8 Å². The van der Waals surface area contributed by atoms with Crippen LogP contribution in [-0.4, -0.2) is 49.2 Å². The van der Waals surface area contributed by atoms with Crippen molar-refractivity contribution >= 4 is 11.9 Å². The smallest absolute Gasteiger partial charge is 0.325 e. The van der Waals surface area contributed by atoms with Gasteiger partial charge < -0.3 is 14.7 Å². The van der Waals surface area contributed by atoms with Gasteiger partial charge in [0.15, 0.2) is 0 Å². The van der Waals surface area contributed by atoms with E-state index in [2.05, 4.69) is 16.6 Å². The van der Waals surface area contributed by atoms with Gasteiger partial charge in [0, 0.05) is 24.6 Å². The summed E-state index contributed by atoms with van der Waals surface area (Å²) >= 11 is 0. The zero-order valence-corrected chi connectivity index (χ0v) is 12.5. The number of ether oxygens (including phenoxy) is 1. The molecule has 0 saturated heterocycles. The van der Waals surface area contributed by atoms with E-state index in [1.807, 2.05) is 6.92 Å². The molecule has 0 aromatic heterocycles. The molecule has 0 aliphatic heterocycles. The predicted molar refractivity (Wildman–Crippen MR) is 78.7 cm³/mol. The quantitative estimate of drug-likeness (QED) is 0.662. The molecule has 0 aliphatic rings. The van der Waals surface area contributed by atoms with Crippen molar-refractivity contribution in [1.29, 1.82) is 0 Å². The van der Waals surface area contributed by atoms with Crippen molar-refractivity contribution in [3.8, 4) is 11.8 Å². The Balaban J connectivity index is 2.86. The van der Waals surface area contributed by atoms with Crippen LogP contribution in [0.15, 0.2) is 18.2 Å². The lowest BCUT2D eigenvalue weighted by Crippen LogP contribution is -2.32. The van der Waals surface area contributed by atoms with Gasteiger partial charge in [0.1, 0.15) is 6.54 Å². The van der Waals surface area contributed by atoms with E-state index in [1.54, 1.807) is 25.2 Å². The SMILES string of the molecule is COC(=O)CN(C)C(=O)c1ccc(C#CCCO)c(C)c1. The first-order chi connectivity index (χ1) is 9.99. The molecule has 1 rings (SSSR count). The number of amides is 1. The molecule has 0 aliphatic carbocycles. The van der Waals surface area contributed by atoms with Crippen LogP contribution in [0, 0.1) is 18.8 Å². The van der Waals surface area contributed by atoms with Gasteiger partial charge in [-0.2, -0.15) is 0 Å². The molecule has 1 N–H and O–H groups in total. The minimum absolute atomic E-state index is 0.0287. The van der Waals surface area contributed by atoms with Crippen LogP contribution in [0.1, 0.15) is 27.9 Å². The van der Waals surface area contributed by atoms with Crippen molar-refractivity contribution in [2.24, 2.45) is 0 Å². The molecule has 5 heteroatoms. The van der Waals surface area contributed by atoms with E-state index >= 15 is 0 Å². The summed E-state index contributed by atoms with van der Waals surface area (Å²) in [5, 5.41) is 8.69. The van der Waals surface area contributed by atoms with Gasteiger partial charge in [-0.15, -0.1) is 0 Å². The average molecular weight is 289 g/mol. The second kappa shape index (κ2) is 8.08. The van der Waals surface area contributed by atoms with Crippen LogP contribution in [0.25, 0.3) is 0 Å². The molecule has 0 heterocycles. The fourth-order valence-electron chi connectivity index (χ4n) is 1.70. The van der Waals surface area contributed by atoms with E-state index in [9.17, 15) is 9.59 Å². The molecular weight excluding hydrogens is 270 g/mol. The summed E-state index contributed by atoms with van der Waals surface area (Å²) < 4.78 is 4.53. The number of aliphatic hydroxyl groups excluding tert-OH is 1. The number of carbonyl (C=O) groups is 2. The van der Waals surface area contributed by atoms with Crippen LogP contribution in [0.3, 0.4) is 0 Å². The van der Waals surface area contributed by atoms with Gasteiger partial charge in [-0.25, -0.2) is 0 Å². The molecule has 0 atom stereocenters. The maximum atomic E-state index is 12.2.